The Hall–Kier alpha value is -1.18. The van der Waals surface area contributed by atoms with Gasteiger partial charge in [0.1, 0.15) is 0 Å². The Morgan fingerprint density at radius 3 is 2.58 bits per heavy atom. The number of carbonyl (C=O) groups is 2. The number of aliphatic hydroxyl groups excluding tert-OH is 1. The molecule has 0 unspecified atom stereocenters. The van der Waals surface area contributed by atoms with Gasteiger partial charge in [0.05, 0.1) is 19.7 Å². The molecule has 0 spiro atoms. The SMILES string of the molecule is O=C(CN1CCNCC1=O)N1CCN(CCO)CC1. The molecule has 0 aromatic heterocycles. The Morgan fingerprint density at radius 2 is 1.95 bits per heavy atom. The van der Waals surface area contributed by atoms with Gasteiger partial charge in [0, 0.05) is 45.8 Å². The van der Waals surface area contributed by atoms with E-state index in [0.29, 0.717) is 32.7 Å². The lowest BCUT2D eigenvalue weighted by molar-refractivity contribution is -0.142. The van der Waals surface area contributed by atoms with E-state index in [-0.39, 0.29) is 25.0 Å². The Bertz CT molecular complexity index is 329. The van der Waals surface area contributed by atoms with Crippen LogP contribution in [0.3, 0.4) is 0 Å². The van der Waals surface area contributed by atoms with Crippen molar-refractivity contribution in [3.63, 3.8) is 0 Å². The second-order valence-corrected chi connectivity index (χ2v) is 4.94. The number of hydrogen-bond acceptors (Lipinski definition) is 5. The van der Waals surface area contributed by atoms with E-state index in [4.69, 9.17) is 5.11 Å². The van der Waals surface area contributed by atoms with E-state index >= 15 is 0 Å². The summed E-state index contributed by atoms with van der Waals surface area (Å²) in [6, 6.07) is 0. The van der Waals surface area contributed by atoms with E-state index in [1.165, 1.54) is 0 Å². The van der Waals surface area contributed by atoms with Crippen LogP contribution in [0.5, 0.6) is 0 Å². The molecule has 2 saturated heterocycles. The summed E-state index contributed by atoms with van der Waals surface area (Å²) >= 11 is 0. The lowest BCUT2D eigenvalue weighted by Gasteiger charge is -2.36. The smallest absolute Gasteiger partial charge is 0.242 e. The first-order valence-corrected chi connectivity index (χ1v) is 6.80. The third-order valence-corrected chi connectivity index (χ3v) is 3.65. The Balaban J connectivity index is 1.76. The largest absolute Gasteiger partial charge is 0.395 e. The first-order chi connectivity index (χ1) is 9.20. The van der Waals surface area contributed by atoms with Gasteiger partial charge >= 0.3 is 0 Å². The van der Waals surface area contributed by atoms with E-state index in [2.05, 4.69) is 10.2 Å². The fourth-order valence-corrected chi connectivity index (χ4v) is 2.44. The van der Waals surface area contributed by atoms with Crippen molar-refractivity contribution in [2.75, 3.05) is 65.5 Å². The zero-order chi connectivity index (χ0) is 13.7. The summed E-state index contributed by atoms with van der Waals surface area (Å²) in [4.78, 5) is 29.3. The number of β-amino-alcohol motifs (C(OH)–C–C–N with tert-alkyl or cyclic N) is 1. The van der Waals surface area contributed by atoms with Gasteiger partial charge in [-0.2, -0.15) is 0 Å². The number of aliphatic hydroxyl groups is 1. The molecular formula is C12H22N4O3. The van der Waals surface area contributed by atoms with Crippen LogP contribution >= 0.6 is 0 Å². The van der Waals surface area contributed by atoms with Gasteiger partial charge in [0.25, 0.3) is 0 Å². The standard InChI is InChI=1S/C12H22N4O3/c17-8-7-14-3-5-15(6-4-14)12(19)10-16-2-1-13-9-11(16)18/h13,17H,1-10H2. The minimum Gasteiger partial charge on any atom is -0.395 e. The monoisotopic (exact) mass is 270 g/mol. The van der Waals surface area contributed by atoms with Crippen molar-refractivity contribution in [3.05, 3.63) is 0 Å². The van der Waals surface area contributed by atoms with Crippen LogP contribution in [0.4, 0.5) is 0 Å². The zero-order valence-corrected chi connectivity index (χ0v) is 11.2. The van der Waals surface area contributed by atoms with Crippen LogP contribution in [-0.2, 0) is 9.59 Å². The molecule has 2 aliphatic heterocycles. The number of nitrogens with one attached hydrogen (secondary N) is 1. The molecule has 2 N–H and O–H groups in total. The summed E-state index contributed by atoms with van der Waals surface area (Å²) in [5.41, 5.74) is 0. The Labute approximate surface area is 113 Å². The molecule has 2 fully saturated rings. The molecule has 2 heterocycles. The molecule has 0 aromatic rings. The number of hydrogen-bond donors (Lipinski definition) is 2. The van der Waals surface area contributed by atoms with Gasteiger partial charge in [0.2, 0.25) is 11.8 Å². The molecule has 2 rings (SSSR count). The van der Waals surface area contributed by atoms with Crippen molar-refractivity contribution in [1.29, 1.82) is 0 Å². The molecule has 19 heavy (non-hydrogen) atoms. The highest BCUT2D eigenvalue weighted by molar-refractivity contribution is 5.86. The second kappa shape index (κ2) is 6.83. The molecule has 0 aliphatic carbocycles. The number of piperazine rings is 2. The van der Waals surface area contributed by atoms with Gasteiger partial charge in [-0.1, -0.05) is 0 Å². The minimum atomic E-state index is -0.00137. The predicted octanol–water partition coefficient (Wildman–Crippen LogP) is -2.45. The molecule has 108 valence electrons. The summed E-state index contributed by atoms with van der Waals surface area (Å²) in [6.45, 7) is 5.65. The Morgan fingerprint density at radius 1 is 1.21 bits per heavy atom. The van der Waals surface area contributed by atoms with Crippen molar-refractivity contribution in [2.45, 2.75) is 0 Å². The second-order valence-electron chi connectivity index (χ2n) is 4.94. The van der Waals surface area contributed by atoms with E-state index in [1.54, 1.807) is 4.90 Å². The highest BCUT2D eigenvalue weighted by atomic mass is 16.3. The van der Waals surface area contributed by atoms with Crippen molar-refractivity contribution >= 4 is 11.8 Å². The average molecular weight is 270 g/mol. The number of nitrogens with zero attached hydrogens (tertiary/aromatic N) is 3. The molecule has 2 amide bonds. The van der Waals surface area contributed by atoms with Gasteiger partial charge in [-0.25, -0.2) is 0 Å². The van der Waals surface area contributed by atoms with Gasteiger partial charge in [-0.15, -0.1) is 0 Å². The third-order valence-electron chi connectivity index (χ3n) is 3.65. The minimum absolute atomic E-state index is 0.00137. The van der Waals surface area contributed by atoms with Gasteiger partial charge in [-0.3, -0.25) is 14.5 Å². The lowest BCUT2D eigenvalue weighted by atomic mass is 10.3. The normalized spacial score (nSPS) is 21.8. The highest BCUT2D eigenvalue weighted by Crippen LogP contribution is 2.03. The van der Waals surface area contributed by atoms with Crippen molar-refractivity contribution in [1.82, 2.24) is 20.0 Å². The van der Waals surface area contributed by atoms with Crippen molar-refractivity contribution in [2.24, 2.45) is 0 Å². The van der Waals surface area contributed by atoms with E-state index < -0.39 is 0 Å². The molecule has 7 heteroatoms. The quantitative estimate of drug-likeness (QED) is 0.593. The molecular weight excluding hydrogens is 248 g/mol. The van der Waals surface area contributed by atoms with Crippen LogP contribution in [0.1, 0.15) is 0 Å². The van der Waals surface area contributed by atoms with Gasteiger partial charge in [0.15, 0.2) is 0 Å². The summed E-state index contributed by atoms with van der Waals surface area (Å²) in [5, 5.41) is 11.9. The van der Waals surface area contributed by atoms with Crippen LogP contribution < -0.4 is 5.32 Å². The maximum atomic E-state index is 12.1. The molecule has 0 radical (unpaired) electrons. The number of carbonyl (C=O) groups excluding carboxylic acids is 2. The average Bonchev–Trinajstić information content (AvgIpc) is 2.42. The molecule has 7 nitrogen and oxygen atoms in total. The van der Waals surface area contributed by atoms with E-state index in [1.807, 2.05) is 4.90 Å². The molecule has 0 atom stereocenters. The first kappa shape index (κ1) is 14.2. The predicted molar refractivity (Wildman–Crippen MR) is 69.6 cm³/mol. The highest BCUT2D eigenvalue weighted by Gasteiger charge is 2.25. The van der Waals surface area contributed by atoms with Crippen LogP contribution in [0.15, 0.2) is 0 Å². The fraction of sp³-hybridized carbons (Fsp3) is 0.833. The zero-order valence-electron chi connectivity index (χ0n) is 11.2. The summed E-state index contributed by atoms with van der Waals surface area (Å²) in [7, 11) is 0. The molecule has 0 saturated carbocycles. The van der Waals surface area contributed by atoms with Crippen LogP contribution in [0.2, 0.25) is 0 Å². The van der Waals surface area contributed by atoms with Crippen molar-refractivity contribution < 1.29 is 14.7 Å². The topological polar surface area (TPSA) is 76.1 Å². The maximum absolute atomic E-state index is 12.1. The van der Waals surface area contributed by atoms with Crippen LogP contribution in [-0.4, -0.2) is 97.1 Å². The fourth-order valence-electron chi connectivity index (χ4n) is 2.44. The number of rotatable bonds is 4. The molecule has 2 aliphatic rings. The van der Waals surface area contributed by atoms with Crippen molar-refractivity contribution in [3.8, 4) is 0 Å². The van der Waals surface area contributed by atoms with Gasteiger partial charge in [-0.05, 0) is 0 Å². The first-order valence-electron chi connectivity index (χ1n) is 6.80. The molecule has 0 bridgehead atoms. The lowest BCUT2D eigenvalue weighted by Crippen LogP contribution is -2.55. The van der Waals surface area contributed by atoms with Gasteiger partial charge < -0.3 is 20.2 Å². The third kappa shape index (κ3) is 3.89. The van der Waals surface area contributed by atoms with E-state index in [0.717, 1.165) is 19.6 Å². The molecule has 0 aromatic carbocycles. The number of amides is 2. The van der Waals surface area contributed by atoms with Crippen LogP contribution in [0, 0.1) is 0 Å². The summed E-state index contributed by atoms with van der Waals surface area (Å²) in [6.07, 6.45) is 0. The Kier molecular flexibility index (Phi) is 5.12. The maximum Gasteiger partial charge on any atom is 0.242 e. The summed E-state index contributed by atoms with van der Waals surface area (Å²) in [5.74, 6) is 0.0254. The van der Waals surface area contributed by atoms with Crippen LogP contribution in [0.25, 0.3) is 0 Å². The van der Waals surface area contributed by atoms with E-state index in [9.17, 15) is 9.59 Å². The summed E-state index contributed by atoms with van der Waals surface area (Å²) < 4.78 is 0.